The number of aliphatic hydroxyl groups excluding tert-OH is 2. The van der Waals surface area contributed by atoms with Gasteiger partial charge in [0.05, 0.1) is 18.6 Å². The minimum absolute atomic E-state index is 0.0578. The number of amides is 3. The maximum absolute atomic E-state index is 13.0. The van der Waals surface area contributed by atoms with E-state index >= 15 is 0 Å². The summed E-state index contributed by atoms with van der Waals surface area (Å²) >= 11 is 0. The van der Waals surface area contributed by atoms with Gasteiger partial charge in [0, 0.05) is 6.42 Å². The van der Waals surface area contributed by atoms with E-state index in [1.54, 1.807) is 30.3 Å². The van der Waals surface area contributed by atoms with E-state index in [9.17, 15) is 34.2 Å². The predicted octanol–water partition coefficient (Wildman–Crippen LogP) is -2.67. The lowest BCUT2D eigenvalue weighted by molar-refractivity contribution is -0.146. The number of aliphatic carboxylic acids is 2. The number of carboxylic acid groups (broad SMARTS) is 2. The Bertz CT molecular complexity index is 876. The highest BCUT2D eigenvalue weighted by molar-refractivity contribution is 5.95. The third-order valence-corrected chi connectivity index (χ3v) is 4.80. The van der Waals surface area contributed by atoms with E-state index in [2.05, 4.69) is 10.6 Å². The van der Waals surface area contributed by atoms with E-state index in [1.165, 1.54) is 6.92 Å². The lowest BCUT2D eigenvalue weighted by atomic mass is 10.0. The van der Waals surface area contributed by atoms with Gasteiger partial charge in [0.25, 0.3) is 0 Å². The van der Waals surface area contributed by atoms with E-state index in [0.717, 1.165) is 6.92 Å². The molecule has 13 nitrogen and oxygen atoms in total. The van der Waals surface area contributed by atoms with Crippen LogP contribution in [0.1, 0.15) is 25.8 Å². The van der Waals surface area contributed by atoms with Crippen molar-refractivity contribution in [3.05, 3.63) is 35.9 Å². The van der Waals surface area contributed by atoms with Gasteiger partial charge < -0.3 is 42.1 Å². The highest BCUT2D eigenvalue weighted by atomic mass is 16.4. The zero-order chi connectivity index (χ0) is 26.0. The van der Waals surface area contributed by atoms with Gasteiger partial charge in [-0.2, -0.15) is 0 Å². The van der Waals surface area contributed by atoms with Crippen LogP contribution in [0.4, 0.5) is 0 Å². The van der Waals surface area contributed by atoms with Gasteiger partial charge in [-0.3, -0.25) is 19.2 Å². The smallest absolute Gasteiger partial charge is 0.328 e. The lowest BCUT2D eigenvalue weighted by Gasteiger charge is -2.25. The average molecular weight is 482 g/mol. The molecule has 0 spiro atoms. The monoisotopic (exact) mass is 482 g/mol. The fourth-order valence-electron chi connectivity index (χ4n) is 2.84. The Morgan fingerprint density at radius 1 is 0.824 bits per heavy atom. The maximum Gasteiger partial charge on any atom is 0.328 e. The fraction of sp³-hybridized carbons (Fsp3) is 0.476. The fourth-order valence-corrected chi connectivity index (χ4v) is 2.84. The standard InChI is InChI=1S/C21H30N4O9/c1-10(26)16(22)20(32)24-13(8-12-6-4-3-5-7-12)18(30)23-14(9-15(28)29)19(31)25-17(11(2)27)21(33)34/h3-7,10-11,13-14,16-17,26-27H,8-9,22H2,1-2H3,(H,23,30)(H,24,32)(H,25,31)(H,28,29)(H,33,34). The lowest BCUT2D eigenvalue weighted by Crippen LogP contribution is -2.59. The molecule has 0 saturated heterocycles. The minimum Gasteiger partial charge on any atom is -0.481 e. The van der Waals surface area contributed by atoms with Gasteiger partial charge >= 0.3 is 11.9 Å². The van der Waals surface area contributed by atoms with Gasteiger partial charge in [0.15, 0.2) is 6.04 Å². The second-order valence-corrected chi connectivity index (χ2v) is 7.74. The molecule has 1 rings (SSSR count). The average Bonchev–Trinajstić information content (AvgIpc) is 2.75. The Morgan fingerprint density at radius 2 is 1.35 bits per heavy atom. The Kier molecular flexibility index (Phi) is 11.1. The largest absolute Gasteiger partial charge is 0.481 e. The van der Waals surface area contributed by atoms with Gasteiger partial charge in [0.1, 0.15) is 18.1 Å². The quantitative estimate of drug-likeness (QED) is 0.145. The maximum atomic E-state index is 13.0. The van der Waals surface area contributed by atoms with Crippen molar-refractivity contribution in [1.29, 1.82) is 0 Å². The number of carboxylic acids is 2. The Balaban J connectivity index is 3.12. The van der Waals surface area contributed by atoms with Crippen molar-refractivity contribution in [2.75, 3.05) is 0 Å². The number of nitrogens with one attached hydrogen (secondary N) is 3. The summed E-state index contributed by atoms with van der Waals surface area (Å²) in [6.07, 6.45) is -3.69. The van der Waals surface area contributed by atoms with Gasteiger partial charge in [-0.05, 0) is 19.4 Å². The van der Waals surface area contributed by atoms with Crippen LogP contribution in [0.3, 0.4) is 0 Å². The summed E-state index contributed by atoms with van der Waals surface area (Å²) in [4.78, 5) is 60.3. The number of hydrogen-bond acceptors (Lipinski definition) is 8. The summed E-state index contributed by atoms with van der Waals surface area (Å²) in [5, 5.41) is 43.9. The van der Waals surface area contributed by atoms with Gasteiger partial charge in [-0.1, -0.05) is 30.3 Å². The molecule has 0 fully saturated rings. The van der Waals surface area contributed by atoms with Crippen LogP contribution in [0.15, 0.2) is 30.3 Å². The van der Waals surface area contributed by atoms with E-state index in [-0.39, 0.29) is 6.42 Å². The van der Waals surface area contributed by atoms with Crippen molar-refractivity contribution in [3.8, 4) is 0 Å². The predicted molar refractivity (Wildman–Crippen MR) is 117 cm³/mol. The SMILES string of the molecule is CC(O)C(N)C(=O)NC(Cc1ccccc1)C(=O)NC(CC(=O)O)C(=O)NC(C(=O)O)C(C)O. The van der Waals surface area contributed by atoms with Crippen LogP contribution in [-0.2, 0) is 30.4 Å². The molecular formula is C21H30N4O9. The van der Waals surface area contributed by atoms with Crippen LogP contribution < -0.4 is 21.7 Å². The molecule has 34 heavy (non-hydrogen) atoms. The molecule has 0 aliphatic rings. The normalized spacial score (nSPS) is 16.1. The third-order valence-electron chi connectivity index (χ3n) is 4.80. The van der Waals surface area contributed by atoms with Crippen LogP contribution >= 0.6 is 0 Å². The highest BCUT2D eigenvalue weighted by Gasteiger charge is 2.33. The number of benzene rings is 1. The molecule has 0 bridgehead atoms. The van der Waals surface area contributed by atoms with Gasteiger partial charge in [-0.25, -0.2) is 4.79 Å². The molecule has 9 N–H and O–H groups in total. The van der Waals surface area contributed by atoms with Gasteiger partial charge in [-0.15, -0.1) is 0 Å². The van der Waals surface area contributed by atoms with Crippen LogP contribution in [-0.4, -0.2) is 86.5 Å². The molecule has 188 valence electrons. The Morgan fingerprint density at radius 3 is 1.82 bits per heavy atom. The highest BCUT2D eigenvalue weighted by Crippen LogP contribution is 2.06. The van der Waals surface area contributed by atoms with Crippen molar-refractivity contribution in [3.63, 3.8) is 0 Å². The van der Waals surface area contributed by atoms with E-state index in [1.807, 2.05) is 5.32 Å². The molecule has 0 aliphatic heterocycles. The third kappa shape index (κ3) is 9.13. The van der Waals surface area contributed by atoms with E-state index < -0.39 is 72.5 Å². The first-order valence-corrected chi connectivity index (χ1v) is 10.3. The molecule has 6 atom stereocenters. The van der Waals surface area contributed by atoms with Crippen LogP contribution in [0.2, 0.25) is 0 Å². The number of aliphatic hydroxyl groups is 2. The number of carbonyl (C=O) groups excluding carboxylic acids is 3. The molecule has 0 heterocycles. The minimum atomic E-state index is -1.75. The number of rotatable bonds is 13. The molecular weight excluding hydrogens is 452 g/mol. The molecule has 6 unspecified atom stereocenters. The summed E-state index contributed by atoms with van der Waals surface area (Å²) < 4.78 is 0. The van der Waals surface area contributed by atoms with Crippen molar-refractivity contribution >= 4 is 29.7 Å². The van der Waals surface area contributed by atoms with E-state index in [0.29, 0.717) is 5.56 Å². The summed E-state index contributed by atoms with van der Waals surface area (Å²) in [6, 6.07) is 2.32. The number of hydrogen-bond donors (Lipinski definition) is 8. The molecule has 1 aromatic carbocycles. The molecule has 0 aliphatic carbocycles. The summed E-state index contributed by atoms with van der Waals surface area (Å²) in [7, 11) is 0. The molecule has 13 heteroatoms. The number of nitrogens with two attached hydrogens (primary N) is 1. The summed E-state index contributed by atoms with van der Waals surface area (Å²) in [5.41, 5.74) is 6.23. The second kappa shape index (κ2) is 13.2. The second-order valence-electron chi connectivity index (χ2n) is 7.74. The summed E-state index contributed by atoms with van der Waals surface area (Å²) in [5.74, 6) is -5.99. The zero-order valence-corrected chi connectivity index (χ0v) is 18.7. The number of carbonyl (C=O) groups is 5. The van der Waals surface area contributed by atoms with Crippen molar-refractivity contribution in [2.45, 2.75) is 63.1 Å². The zero-order valence-electron chi connectivity index (χ0n) is 18.7. The summed E-state index contributed by atoms with van der Waals surface area (Å²) in [6.45, 7) is 2.39. The molecule has 0 saturated carbocycles. The molecule has 0 aromatic heterocycles. The van der Waals surface area contributed by atoms with Crippen LogP contribution in [0.25, 0.3) is 0 Å². The molecule has 1 aromatic rings. The van der Waals surface area contributed by atoms with E-state index in [4.69, 9.17) is 15.9 Å². The van der Waals surface area contributed by atoms with Crippen molar-refractivity contribution < 1.29 is 44.4 Å². The first kappa shape index (κ1) is 28.5. The molecule has 0 radical (unpaired) electrons. The first-order valence-electron chi connectivity index (χ1n) is 10.3. The first-order chi connectivity index (χ1) is 15.8. The van der Waals surface area contributed by atoms with Crippen LogP contribution in [0.5, 0.6) is 0 Å². The van der Waals surface area contributed by atoms with Crippen molar-refractivity contribution in [1.82, 2.24) is 16.0 Å². The Labute approximate surface area is 195 Å². The topological polar surface area (TPSA) is 228 Å². The van der Waals surface area contributed by atoms with Crippen LogP contribution in [0, 0.1) is 0 Å². The Hall–Kier alpha value is -3.55. The van der Waals surface area contributed by atoms with Crippen molar-refractivity contribution in [2.24, 2.45) is 5.73 Å². The van der Waals surface area contributed by atoms with Gasteiger partial charge in [0.2, 0.25) is 17.7 Å². The molecule has 3 amide bonds.